The molecule has 0 aromatic heterocycles. The molecule has 2 amide bonds. The molecule has 20 heavy (non-hydrogen) atoms. The number of nitrogens with one attached hydrogen (secondary N) is 2. The first-order valence-electron chi connectivity index (χ1n) is 7.93. The lowest BCUT2D eigenvalue weighted by Gasteiger charge is -2.32. The third-order valence-electron chi connectivity index (χ3n) is 4.41. The summed E-state index contributed by atoms with van der Waals surface area (Å²) in [5, 5.41) is 6.07. The number of nitrogens with zero attached hydrogens (tertiary/aromatic N) is 1. The van der Waals surface area contributed by atoms with E-state index in [2.05, 4.69) is 17.6 Å². The Kier molecular flexibility index (Phi) is 5.83. The standard InChI is InChI=1S/C15H27N3O2/c1-12-11-18(9-8-16-12)15(20)10-17-14(19)7-6-13-4-2-3-5-13/h12-13,16H,2-11H2,1H3,(H,17,19). The van der Waals surface area contributed by atoms with Gasteiger partial charge in [0.05, 0.1) is 6.54 Å². The summed E-state index contributed by atoms with van der Waals surface area (Å²) in [5.74, 6) is 0.784. The highest BCUT2D eigenvalue weighted by Gasteiger charge is 2.21. The first kappa shape index (κ1) is 15.3. The average molecular weight is 281 g/mol. The quantitative estimate of drug-likeness (QED) is 0.787. The maximum Gasteiger partial charge on any atom is 0.242 e. The highest BCUT2D eigenvalue weighted by atomic mass is 16.2. The molecule has 1 saturated heterocycles. The minimum Gasteiger partial charge on any atom is -0.347 e. The molecule has 2 N–H and O–H groups in total. The van der Waals surface area contributed by atoms with Crippen molar-refractivity contribution in [3.63, 3.8) is 0 Å². The topological polar surface area (TPSA) is 61.4 Å². The van der Waals surface area contributed by atoms with Gasteiger partial charge >= 0.3 is 0 Å². The summed E-state index contributed by atoms with van der Waals surface area (Å²) >= 11 is 0. The maximum absolute atomic E-state index is 12.0. The SMILES string of the molecule is CC1CN(C(=O)CNC(=O)CCC2CCCC2)CCN1. The van der Waals surface area contributed by atoms with Crippen molar-refractivity contribution in [3.05, 3.63) is 0 Å². The van der Waals surface area contributed by atoms with Crippen molar-refractivity contribution in [1.29, 1.82) is 0 Å². The minimum atomic E-state index is 0.0217. The molecule has 1 saturated carbocycles. The van der Waals surface area contributed by atoms with E-state index in [1.165, 1.54) is 25.7 Å². The van der Waals surface area contributed by atoms with Crippen LogP contribution in [0.4, 0.5) is 0 Å². The molecular weight excluding hydrogens is 254 g/mol. The van der Waals surface area contributed by atoms with E-state index < -0.39 is 0 Å². The molecule has 0 aromatic carbocycles. The lowest BCUT2D eigenvalue weighted by atomic mass is 10.0. The molecule has 1 unspecified atom stereocenters. The zero-order chi connectivity index (χ0) is 14.4. The fourth-order valence-electron chi connectivity index (χ4n) is 3.17. The fourth-order valence-corrected chi connectivity index (χ4v) is 3.17. The van der Waals surface area contributed by atoms with Crippen LogP contribution in [0.25, 0.3) is 0 Å². The summed E-state index contributed by atoms with van der Waals surface area (Å²) in [5.41, 5.74) is 0. The second-order valence-electron chi connectivity index (χ2n) is 6.16. The van der Waals surface area contributed by atoms with E-state index in [4.69, 9.17) is 0 Å². The Hall–Kier alpha value is -1.10. The van der Waals surface area contributed by atoms with Crippen molar-refractivity contribution < 1.29 is 9.59 Å². The van der Waals surface area contributed by atoms with Gasteiger partial charge in [-0.05, 0) is 19.3 Å². The monoisotopic (exact) mass is 281 g/mol. The minimum absolute atomic E-state index is 0.0217. The van der Waals surface area contributed by atoms with Gasteiger partial charge in [0.2, 0.25) is 11.8 Å². The molecule has 2 rings (SSSR count). The molecule has 0 bridgehead atoms. The Bertz CT molecular complexity index is 340. The van der Waals surface area contributed by atoms with Crippen LogP contribution in [0.15, 0.2) is 0 Å². The van der Waals surface area contributed by atoms with Crippen LogP contribution < -0.4 is 10.6 Å². The van der Waals surface area contributed by atoms with Crippen LogP contribution in [0.2, 0.25) is 0 Å². The summed E-state index contributed by atoms with van der Waals surface area (Å²) < 4.78 is 0. The van der Waals surface area contributed by atoms with Crippen LogP contribution in [0.3, 0.4) is 0 Å². The van der Waals surface area contributed by atoms with Crippen LogP contribution in [0.1, 0.15) is 45.4 Å². The number of rotatable bonds is 5. The zero-order valence-electron chi connectivity index (χ0n) is 12.5. The molecule has 1 heterocycles. The fraction of sp³-hybridized carbons (Fsp3) is 0.867. The number of amides is 2. The molecule has 5 heteroatoms. The number of hydrogen-bond donors (Lipinski definition) is 2. The Morgan fingerprint density at radius 3 is 2.75 bits per heavy atom. The Balaban J connectivity index is 1.60. The van der Waals surface area contributed by atoms with Crippen molar-refractivity contribution in [2.45, 2.75) is 51.5 Å². The van der Waals surface area contributed by atoms with E-state index in [-0.39, 0.29) is 18.4 Å². The Morgan fingerprint density at radius 1 is 1.30 bits per heavy atom. The third-order valence-corrected chi connectivity index (χ3v) is 4.41. The highest BCUT2D eigenvalue weighted by Crippen LogP contribution is 2.28. The van der Waals surface area contributed by atoms with Crippen LogP contribution in [0.5, 0.6) is 0 Å². The molecule has 1 atom stereocenters. The molecule has 114 valence electrons. The largest absolute Gasteiger partial charge is 0.347 e. The van der Waals surface area contributed by atoms with Crippen molar-refractivity contribution in [3.8, 4) is 0 Å². The molecule has 2 fully saturated rings. The highest BCUT2D eigenvalue weighted by molar-refractivity contribution is 5.84. The molecule has 1 aliphatic heterocycles. The molecule has 0 aromatic rings. The Labute approximate surface area is 121 Å². The van der Waals surface area contributed by atoms with E-state index in [1.807, 2.05) is 4.90 Å². The summed E-state index contributed by atoms with van der Waals surface area (Å²) in [6.07, 6.45) is 6.70. The first-order valence-corrected chi connectivity index (χ1v) is 7.93. The predicted octanol–water partition coefficient (Wildman–Crippen LogP) is 0.893. The van der Waals surface area contributed by atoms with Crippen LogP contribution >= 0.6 is 0 Å². The summed E-state index contributed by atoms with van der Waals surface area (Å²) in [6.45, 7) is 4.52. The van der Waals surface area contributed by atoms with Crippen molar-refractivity contribution in [1.82, 2.24) is 15.5 Å². The van der Waals surface area contributed by atoms with Crippen molar-refractivity contribution in [2.75, 3.05) is 26.2 Å². The molecule has 1 aliphatic carbocycles. The second-order valence-corrected chi connectivity index (χ2v) is 6.16. The zero-order valence-corrected chi connectivity index (χ0v) is 12.5. The maximum atomic E-state index is 12.0. The summed E-state index contributed by atoms with van der Waals surface area (Å²) in [7, 11) is 0. The van der Waals surface area contributed by atoms with Gasteiger partial charge in [-0.25, -0.2) is 0 Å². The van der Waals surface area contributed by atoms with E-state index in [1.54, 1.807) is 0 Å². The van der Waals surface area contributed by atoms with Gasteiger partial charge in [0.15, 0.2) is 0 Å². The normalized spacial score (nSPS) is 23.9. The van der Waals surface area contributed by atoms with Gasteiger partial charge < -0.3 is 15.5 Å². The van der Waals surface area contributed by atoms with E-state index in [0.29, 0.717) is 12.5 Å². The van der Waals surface area contributed by atoms with Crippen molar-refractivity contribution in [2.24, 2.45) is 5.92 Å². The average Bonchev–Trinajstić information content (AvgIpc) is 2.95. The molecule has 0 radical (unpaired) electrons. The lowest BCUT2D eigenvalue weighted by Crippen LogP contribution is -2.53. The molecule has 5 nitrogen and oxygen atoms in total. The van der Waals surface area contributed by atoms with E-state index >= 15 is 0 Å². The van der Waals surface area contributed by atoms with Crippen LogP contribution in [0, 0.1) is 5.92 Å². The lowest BCUT2D eigenvalue weighted by molar-refractivity contribution is -0.133. The van der Waals surface area contributed by atoms with Gasteiger partial charge in [0.1, 0.15) is 0 Å². The smallest absolute Gasteiger partial charge is 0.242 e. The Morgan fingerprint density at radius 2 is 2.05 bits per heavy atom. The van der Waals surface area contributed by atoms with Crippen LogP contribution in [-0.4, -0.2) is 48.9 Å². The summed E-state index contributed by atoms with van der Waals surface area (Å²) in [6, 6.07) is 0.339. The molecular formula is C15H27N3O2. The molecule has 0 spiro atoms. The van der Waals surface area contributed by atoms with Crippen molar-refractivity contribution >= 4 is 11.8 Å². The third kappa shape index (κ3) is 4.78. The number of carbonyl (C=O) groups excluding carboxylic acids is 2. The summed E-state index contributed by atoms with van der Waals surface area (Å²) in [4.78, 5) is 25.6. The second kappa shape index (κ2) is 7.62. The van der Waals surface area contributed by atoms with Gasteiger partial charge in [0.25, 0.3) is 0 Å². The van der Waals surface area contributed by atoms with Gasteiger partial charge in [-0.1, -0.05) is 25.7 Å². The van der Waals surface area contributed by atoms with E-state index in [0.717, 1.165) is 32.0 Å². The number of carbonyl (C=O) groups is 2. The van der Waals surface area contributed by atoms with Gasteiger partial charge in [-0.2, -0.15) is 0 Å². The van der Waals surface area contributed by atoms with E-state index in [9.17, 15) is 9.59 Å². The predicted molar refractivity (Wildman–Crippen MR) is 78.2 cm³/mol. The first-order chi connectivity index (χ1) is 9.65. The van der Waals surface area contributed by atoms with Gasteiger partial charge in [-0.15, -0.1) is 0 Å². The van der Waals surface area contributed by atoms with Gasteiger partial charge in [-0.3, -0.25) is 9.59 Å². The number of piperazine rings is 1. The number of hydrogen-bond acceptors (Lipinski definition) is 3. The van der Waals surface area contributed by atoms with Gasteiger partial charge in [0, 0.05) is 32.1 Å². The molecule has 2 aliphatic rings. The van der Waals surface area contributed by atoms with Crippen LogP contribution in [-0.2, 0) is 9.59 Å².